The van der Waals surface area contributed by atoms with Gasteiger partial charge in [0.2, 0.25) is 5.91 Å². The van der Waals surface area contributed by atoms with Crippen LogP contribution in [0.2, 0.25) is 0 Å². The van der Waals surface area contributed by atoms with Gasteiger partial charge in [0.1, 0.15) is 45.3 Å². The summed E-state index contributed by atoms with van der Waals surface area (Å²) < 4.78 is 39.6. The van der Waals surface area contributed by atoms with Crippen LogP contribution in [0, 0.1) is 0 Å². The van der Waals surface area contributed by atoms with Crippen LogP contribution < -0.4 is 25.4 Å². The summed E-state index contributed by atoms with van der Waals surface area (Å²) in [5.41, 5.74) is 7.96. The molecule has 1 fully saturated rings. The molecule has 3 rings (SSSR count). The van der Waals surface area contributed by atoms with Crippen molar-refractivity contribution in [3.05, 3.63) is 53.6 Å². The summed E-state index contributed by atoms with van der Waals surface area (Å²) in [6.45, 7) is 0.388. The van der Waals surface area contributed by atoms with Gasteiger partial charge < -0.3 is 24.8 Å². The quantitative estimate of drug-likeness (QED) is 0.289. The first-order valence-electron chi connectivity index (χ1n) is 11.2. The van der Waals surface area contributed by atoms with Gasteiger partial charge in [-0.05, 0) is 48.2 Å². The second kappa shape index (κ2) is 11.1. The van der Waals surface area contributed by atoms with Crippen LogP contribution >= 0.6 is 0 Å². The van der Waals surface area contributed by atoms with E-state index >= 15 is 0 Å². The number of amides is 2. The third-order valence-corrected chi connectivity index (χ3v) is 7.10. The predicted octanol–water partition coefficient (Wildman–Crippen LogP) is 0.978. The molecule has 0 spiro atoms. The monoisotopic (exact) mass is 521 g/mol. The van der Waals surface area contributed by atoms with E-state index in [-0.39, 0.29) is 31.7 Å². The molecule has 36 heavy (non-hydrogen) atoms. The first-order chi connectivity index (χ1) is 17.0. The average Bonchev–Trinajstić information content (AvgIpc) is 3.17. The topological polar surface area (TPSA) is 157 Å². The Kier molecular flexibility index (Phi) is 8.43. The molecule has 0 aliphatic carbocycles. The van der Waals surface area contributed by atoms with Gasteiger partial charge in [-0.3, -0.25) is 14.8 Å². The summed E-state index contributed by atoms with van der Waals surface area (Å²) >= 11 is 0. The van der Waals surface area contributed by atoms with Crippen LogP contribution in [-0.4, -0.2) is 69.2 Å². The highest BCUT2D eigenvalue weighted by Crippen LogP contribution is 2.34. The number of nitrogens with two attached hydrogens (primary N) is 1. The highest BCUT2D eigenvalue weighted by molar-refractivity contribution is 7.90. The number of nitrogens with one attached hydrogen (secondary N) is 1. The highest BCUT2D eigenvalue weighted by atomic mass is 32.2. The zero-order valence-corrected chi connectivity index (χ0v) is 21.2. The first-order valence-corrected chi connectivity index (χ1v) is 13.2. The molecule has 0 radical (unpaired) electrons. The SMILES string of the molecule is COc1cc(COc2ccc(C3(N)CCN(C(CCS(C)(=O)=O)C(=O)NO)C3=O)cc2)cc(OC)c1. The van der Waals surface area contributed by atoms with Crippen molar-refractivity contribution < 1.29 is 37.4 Å². The van der Waals surface area contributed by atoms with Crippen LogP contribution in [0.3, 0.4) is 0 Å². The Hall–Kier alpha value is -3.35. The van der Waals surface area contributed by atoms with Gasteiger partial charge in [-0.1, -0.05) is 12.1 Å². The van der Waals surface area contributed by atoms with Gasteiger partial charge in [0.15, 0.2) is 0 Å². The summed E-state index contributed by atoms with van der Waals surface area (Å²) in [7, 11) is -0.254. The Morgan fingerprint density at radius 2 is 1.75 bits per heavy atom. The number of likely N-dealkylation sites (tertiary alicyclic amines) is 1. The zero-order valence-electron chi connectivity index (χ0n) is 20.4. The molecule has 2 amide bonds. The maximum Gasteiger partial charge on any atom is 0.266 e. The largest absolute Gasteiger partial charge is 0.497 e. The van der Waals surface area contributed by atoms with Gasteiger partial charge in [0, 0.05) is 18.9 Å². The number of sulfone groups is 1. The van der Waals surface area contributed by atoms with E-state index in [1.165, 1.54) is 10.4 Å². The molecular weight excluding hydrogens is 490 g/mol. The van der Waals surface area contributed by atoms with Gasteiger partial charge in [-0.15, -0.1) is 0 Å². The lowest BCUT2D eigenvalue weighted by Crippen LogP contribution is -2.52. The van der Waals surface area contributed by atoms with Crippen molar-refractivity contribution in [3.63, 3.8) is 0 Å². The fraction of sp³-hybridized carbons (Fsp3) is 0.417. The van der Waals surface area contributed by atoms with Crippen molar-refractivity contribution in [2.45, 2.75) is 31.0 Å². The summed E-state index contributed by atoms with van der Waals surface area (Å²) in [6, 6.07) is 11.0. The van der Waals surface area contributed by atoms with Crippen molar-refractivity contribution in [2.24, 2.45) is 5.73 Å². The summed E-state index contributed by atoms with van der Waals surface area (Å²) in [4.78, 5) is 26.7. The number of methoxy groups -OCH3 is 2. The van der Waals surface area contributed by atoms with Crippen LogP contribution in [0.4, 0.5) is 0 Å². The van der Waals surface area contributed by atoms with Crippen LogP contribution in [0.1, 0.15) is 24.0 Å². The van der Waals surface area contributed by atoms with E-state index in [1.807, 2.05) is 12.1 Å². The van der Waals surface area contributed by atoms with E-state index in [9.17, 15) is 18.0 Å². The number of nitrogens with zero attached hydrogens (tertiary/aromatic N) is 1. The van der Waals surface area contributed by atoms with Gasteiger partial charge in [0.05, 0.1) is 20.0 Å². The number of carbonyl (C=O) groups is 2. The van der Waals surface area contributed by atoms with E-state index in [0.717, 1.165) is 11.8 Å². The average molecular weight is 522 g/mol. The number of hydroxylamine groups is 1. The fourth-order valence-electron chi connectivity index (χ4n) is 4.12. The van der Waals surface area contributed by atoms with Crippen LogP contribution in [-0.2, 0) is 31.6 Å². The molecule has 1 aliphatic heterocycles. The minimum Gasteiger partial charge on any atom is -0.497 e. The number of rotatable bonds is 11. The second-order valence-electron chi connectivity index (χ2n) is 8.66. The third kappa shape index (κ3) is 6.25. The Balaban J connectivity index is 1.72. The maximum atomic E-state index is 13.3. The number of hydrogen-bond donors (Lipinski definition) is 3. The van der Waals surface area contributed by atoms with Crippen LogP contribution in [0.5, 0.6) is 17.2 Å². The lowest BCUT2D eigenvalue weighted by atomic mass is 9.89. The van der Waals surface area contributed by atoms with Crippen molar-refractivity contribution in [1.29, 1.82) is 0 Å². The minimum absolute atomic E-state index is 0.132. The van der Waals surface area contributed by atoms with Gasteiger partial charge in [-0.25, -0.2) is 13.9 Å². The number of benzene rings is 2. The van der Waals surface area contributed by atoms with E-state index in [1.54, 1.807) is 44.6 Å². The fourth-order valence-corrected chi connectivity index (χ4v) is 4.77. The molecule has 2 aromatic rings. The van der Waals surface area contributed by atoms with E-state index in [0.29, 0.717) is 22.8 Å². The first kappa shape index (κ1) is 27.2. The molecule has 12 heteroatoms. The minimum atomic E-state index is -3.39. The summed E-state index contributed by atoms with van der Waals surface area (Å²) in [6.07, 6.45) is 1.09. The van der Waals surface area contributed by atoms with Crippen molar-refractivity contribution >= 4 is 21.7 Å². The van der Waals surface area contributed by atoms with Crippen LogP contribution in [0.25, 0.3) is 0 Å². The molecule has 2 atom stereocenters. The lowest BCUT2D eigenvalue weighted by Gasteiger charge is -2.29. The molecule has 0 saturated carbocycles. The molecule has 2 aromatic carbocycles. The molecule has 1 saturated heterocycles. The number of carbonyl (C=O) groups excluding carboxylic acids is 2. The maximum absolute atomic E-state index is 13.3. The van der Waals surface area contributed by atoms with E-state index < -0.39 is 33.2 Å². The zero-order chi connectivity index (χ0) is 26.5. The van der Waals surface area contributed by atoms with Gasteiger partial charge >= 0.3 is 0 Å². The molecule has 1 heterocycles. The molecule has 0 aromatic heterocycles. The standard InChI is InChI=1S/C24H31N3O8S/c1-33-19-12-16(13-20(14-19)34-2)15-35-18-6-4-17(5-7-18)24(25)9-10-27(23(24)29)21(22(28)26-30)8-11-36(3,31)32/h4-7,12-14,21,30H,8-11,15,25H2,1-3H3,(H,26,28). The summed E-state index contributed by atoms with van der Waals surface area (Å²) in [5.74, 6) is 0.121. The molecule has 2 unspecified atom stereocenters. The highest BCUT2D eigenvalue weighted by Gasteiger charge is 2.48. The third-order valence-electron chi connectivity index (χ3n) is 6.13. The van der Waals surface area contributed by atoms with Gasteiger partial charge in [0.25, 0.3) is 5.91 Å². The summed E-state index contributed by atoms with van der Waals surface area (Å²) in [5, 5.41) is 9.10. The Morgan fingerprint density at radius 3 is 2.28 bits per heavy atom. The number of hydrogen-bond acceptors (Lipinski definition) is 9. The van der Waals surface area contributed by atoms with E-state index in [2.05, 4.69) is 0 Å². The Labute approximate surface area is 210 Å². The van der Waals surface area contributed by atoms with Crippen LogP contribution in [0.15, 0.2) is 42.5 Å². The molecule has 11 nitrogen and oxygen atoms in total. The molecule has 0 bridgehead atoms. The number of ether oxygens (including phenoxy) is 3. The lowest BCUT2D eigenvalue weighted by molar-refractivity contribution is -0.144. The Morgan fingerprint density at radius 1 is 1.14 bits per heavy atom. The van der Waals surface area contributed by atoms with Crippen molar-refractivity contribution in [3.8, 4) is 17.2 Å². The molecule has 1 aliphatic rings. The normalized spacial score (nSPS) is 18.6. The van der Waals surface area contributed by atoms with Crippen molar-refractivity contribution in [1.82, 2.24) is 10.4 Å². The predicted molar refractivity (Wildman–Crippen MR) is 131 cm³/mol. The Bertz CT molecular complexity index is 1180. The molecule has 196 valence electrons. The second-order valence-corrected chi connectivity index (χ2v) is 10.9. The van der Waals surface area contributed by atoms with E-state index in [4.69, 9.17) is 25.2 Å². The van der Waals surface area contributed by atoms with Crippen molar-refractivity contribution in [2.75, 3.05) is 32.8 Å². The van der Waals surface area contributed by atoms with Gasteiger partial charge in [-0.2, -0.15) is 0 Å². The molecule has 4 N–H and O–H groups in total. The smallest absolute Gasteiger partial charge is 0.266 e. The molecular formula is C24H31N3O8S.